The second kappa shape index (κ2) is 9.04. The quantitative estimate of drug-likeness (QED) is 0.588. The predicted molar refractivity (Wildman–Crippen MR) is 118 cm³/mol. The standard InChI is InChI=1S/C23H22ClN5.ClH/c24-18-5-6-21-22(15-18)27-23(19-3-1-2-4-20(19)26-21)29-13-11-28(12-14-29)16-17-7-9-25-10-8-17;/h1-10,15H,11-14,16H2,(H,26,27);1H. The van der Waals surface area contributed by atoms with Gasteiger partial charge in [-0.05, 0) is 42.0 Å². The molecule has 5 rings (SSSR count). The largest absolute Gasteiger partial charge is 1.00 e. The number of aromatic nitrogens is 1. The number of nitrogens with zero attached hydrogens (tertiary/aromatic N) is 3. The van der Waals surface area contributed by atoms with E-state index in [-0.39, 0.29) is 12.4 Å². The molecule has 2 N–H and O–H groups in total. The maximum atomic E-state index is 6.27. The van der Waals surface area contributed by atoms with Crippen LogP contribution in [0.5, 0.6) is 0 Å². The third kappa shape index (κ3) is 4.29. The number of amidine groups is 1. The lowest BCUT2D eigenvalue weighted by Gasteiger charge is -2.28. The molecule has 2 aromatic carbocycles. The Balaban J connectivity index is 0.00000218. The van der Waals surface area contributed by atoms with Crippen LogP contribution in [-0.2, 0) is 6.54 Å². The molecule has 1 fully saturated rings. The molecule has 3 heterocycles. The topological polar surface area (TPSA) is 43.2 Å². The minimum atomic E-state index is 0. The fraction of sp³-hybridized carbons (Fsp3) is 0.217. The van der Waals surface area contributed by atoms with Gasteiger partial charge in [0.05, 0.1) is 30.0 Å². The van der Waals surface area contributed by atoms with Crippen molar-refractivity contribution in [1.29, 1.82) is 0 Å². The van der Waals surface area contributed by atoms with Crippen molar-refractivity contribution >= 4 is 34.5 Å². The Morgan fingerprint density at radius 2 is 1.67 bits per heavy atom. The van der Waals surface area contributed by atoms with Gasteiger partial charge in [0.25, 0.3) is 5.84 Å². The highest BCUT2D eigenvalue weighted by Crippen LogP contribution is 2.33. The molecule has 0 aliphatic carbocycles. The molecule has 7 heteroatoms. The molecule has 0 saturated carbocycles. The molecule has 0 unspecified atom stereocenters. The van der Waals surface area contributed by atoms with E-state index >= 15 is 0 Å². The van der Waals surface area contributed by atoms with Gasteiger partial charge >= 0.3 is 0 Å². The van der Waals surface area contributed by atoms with Gasteiger partial charge in [0, 0.05) is 43.1 Å². The summed E-state index contributed by atoms with van der Waals surface area (Å²) < 4.78 is 2.44. The van der Waals surface area contributed by atoms with Gasteiger partial charge in [-0.25, -0.2) is 5.32 Å². The second-order valence-corrected chi connectivity index (χ2v) is 7.89. The van der Waals surface area contributed by atoms with E-state index in [1.54, 1.807) is 0 Å². The normalized spacial score (nSPS) is 15.8. The Bertz CT molecular complexity index is 1060. The summed E-state index contributed by atoms with van der Waals surface area (Å²) in [5, 5.41) is 7.94. The SMILES string of the molecule is Clc1ccc2c(c1)NC(=[N+]1CCN(Cc3ccncc3)CC1)c1ccccc1N2.[Cl-]. The summed E-state index contributed by atoms with van der Waals surface area (Å²) in [4.78, 5) is 6.61. The highest BCUT2D eigenvalue weighted by Gasteiger charge is 2.28. The number of fused-ring (bicyclic) bond motifs is 2. The molecule has 0 atom stereocenters. The summed E-state index contributed by atoms with van der Waals surface area (Å²) in [6.07, 6.45) is 3.73. The van der Waals surface area contributed by atoms with E-state index in [4.69, 9.17) is 11.6 Å². The molecule has 0 amide bonds. The summed E-state index contributed by atoms with van der Waals surface area (Å²) in [6.45, 7) is 4.95. The Morgan fingerprint density at radius 1 is 0.900 bits per heavy atom. The van der Waals surface area contributed by atoms with Crippen LogP contribution in [0.3, 0.4) is 0 Å². The molecule has 5 nitrogen and oxygen atoms in total. The Morgan fingerprint density at radius 3 is 2.47 bits per heavy atom. The average molecular weight is 440 g/mol. The number of hydrogen-bond donors (Lipinski definition) is 2. The van der Waals surface area contributed by atoms with E-state index in [0.717, 1.165) is 60.6 Å². The van der Waals surface area contributed by atoms with E-state index in [1.165, 1.54) is 11.1 Å². The Labute approximate surface area is 187 Å². The number of benzene rings is 2. The third-order valence-corrected chi connectivity index (χ3v) is 5.77. The van der Waals surface area contributed by atoms with Crippen molar-refractivity contribution in [1.82, 2.24) is 9.88 Å². The van der Waals surface area contributed by atoms with Crippen LogP contribution in [0.15, 0.2) is 67.0 Å². The first-order valence-electron chi connectivity index (χ1n) is 9.92. The average Bonchev–Trinajstić information content (AvgIpc) is 2.92. The maximum absolute atomic E-state index is 6.27. The van der Waals surface area contributed by atoms with Gasteiger partial charge in [-0.2, -0.15) is 0 Å². The van der Waals surface area contributed by atoms with Crippen LogP contribution in [-0.4, -0.2) is 46.5 Å². The monoisotopic (exact) mass is 439 g/mol. The molecule has 2 aliphatic rings. The van der Waals surface area contributed by atoms with E-state index in [1.807, 2.05) is 30.6 Å². The molecule has 0 bridgehead atoms. The lowest BCUT2D eigenvalue weighted by molar-refractivity contribution is -0.539. The lowest BCUT2D eigenvalue weighted by atomic mass is 10.1. The van der Waals surface area contributed by atoms with Crippen LogP contribution >= 0.6 is 11.6 Å². The summed E-state index contributed by atoms with van der Waals surface area (Å²) in [6, 6.07) is 18.6. The van der Waals surface area contributed by atoms with Gasteiger partial charge in [0.15, 0.2) is 0 Å². The number of rotatable bonds is 2. The van der Waals surface area contributed by atoms with Crippen molar-refractivity contribution < 1.29 is 17.0 Å². The molecule has 1 saturated heterocycles. The molecular formula is C23H23Cl2N5. The van der Waals surface area contributed by atoms with E-state index < -0.39 is 0 Å². The van der Waals surface area contributed by atoms with Crippen LogP contribution in [0.25, 0.3) is 0 Å². The number of hydrogen-bond acceptors (Lipinski definition) is 3. The number of piperazine rings is 1. The number of para-hydroxylation sites is 1. The molecule has 1 aromatic heterocycles. The number of halogens is 2. The van der Waals surface area contributed by atoms with E-state index in [2.05, 4.69) is 61.5 Å². The van der Waals surface area contributed by atoms with Crippen molar-refractivity contribution in [2.45, 2.75) is 6.54 Å². The van der Waals surface area contributed by atoms with Crippen LogP contribution in [0.4, 0.5) is 17.1 Å². The zero-order valence-electron chi connectivity index (χ0n) is 16.5. The van der Waals surface area contributed by atoms with Gasteiger partial charge < -0.3 is 17.7 Å². The van der Waals surface area contributed by atoms with Gasteiger partial charge in [0.1, 0.15) is 5.69 Å². The molecule has 0 radical (unpaired) electrons. The smallest absolute Gasteiger partial charge is 0.284 e. The molecule has 154 valence electrons. The van der Waals surface area contributed by atoms with Gasteiger partial charge in [-0.15, -0.1) is 0 Å². The summed E-state index contributed by atoms with van der Waals surface area (Å²) >= 11 is 6.27. The fourth-order valence-electron chi connectivity index (χ4n) is 3.99. The summed E-state index contributed by atoms with van der Waals surface area (Å²) in [5.41, 5.74) is 5.64. The summed E-state index contributed by atoms with van der Waals surface area (Å²) in [5.74, 6) is 1.14. The van der Waals surface area contributed by atoms with Crippen molar-refractivity contribution in [2.75, 3.05) is 36.8 Å². The van der Waals surface area contributed by atoms with Gasteiger partial charge in [-0.1, -0.05) is 23.7 Å². The van der Waals surface area contributed by atoms with E-state index in [0.29, 0.717) is 0 Å². The zero-order valence-corrected chi connectivity index (χ0v) is 18.0. The van der Waals surface area contributed by atoms with Crippen molar-refractivity contribution in [3.05, 3.63) is 83.1 Å². The number of pyridine rings is 1. The Kier molecular flexibility index (Phi) is 6.23. The Hall–Kier alpha value is -2.60. The van der Waals surface area contributed by atoms with Gasteiger partial charge in [-0.3, -0.25) is 14.5 Å². The minimum Gasteiger partial charge on any atom is -1.00 e. The first-order chi connectivity index (χ1) is 14.3. The molecule has 2 aliphatic heterocycles. The van der Waals surface area contributed by atoms with Crippen LogP contribution in [0.2, 0.25) is 5.02 Å². The van der Waals surface area contributed by atoms with Crippen LogP contribution in [0, 0.1) is 0 Å². The highest BCUT2D eigenvalue weighted by molar-refractivity contribution is 6.31. The van der Waals surface area contributed by atoms with Crippen LogP contribution < -0.4 is 23.0 Å². The zero-order chi connectivity index (χ0) is 19.6. The van der Waals surface area contributed by atoms with Crippen molar-refractivity contribution in [3.63, 3.8) is 0 Å². The van der Waals surface area contributed by atoms with Crippen molar-refractivity contribution in [3.8, 4) is 0 Å². The van der Waals surface area contributed by atoms with Crippen molar-refractivity contribution in [2.24, 2.45) is 0 Å². The summed E-state index contributed by atoms with van der Waals surface area (Å²) in [7, 11) is 0. The third-order valence-electron chi connectivity index (χ3n) is 5.53. The second-order valence-electron chi connectivity index (χ2n) is 7.45. The van der Waals surface area contributed by atoms with E-state index in [9.17, 15) is 0 Å². The lowest BCUT2D eigenvalue weighted by Crippen LogP contribution is -3.00. The fourth-order valence-corrected chi connectivity index (χ4v) is 4.16. The highest BCUT2D eigenvalue weighted by atomic mass is 35.5. The predicted octanol–water partition coefficient (Wildman–Crippen LogP) is 1.18. The maximum Gasteiger partial charge on any atom is 0.284 e. The number of anilines is 3. The van der Waals surface area contributed by atoms with Crippen LogP contribution in [0.1, 0.15) is 11.1 Å². The molecule has 3 aromatic rings. The minimum absolute atomic E-state index is 0. The first-order valence-corrected chi connectivity index (χ1v) is 10.3. The van der Waals surface area contributed by atoms with Gasteiger partial charge in [0.2, 0.25) is 0 Å². The number of nitrogens with one attached hydrogen (secondary N) is 2. The molecule has 0 spiro atoms. The molecule has 30 heavy (non-hydrogen) atoms. The first kappa shape index (κ1) is 20.7. The molecular weight excluding hydrogens is 417 g/mol.